The van der Waals surface area contributed by atoms with Crippen LogP contribution in [0.25, 0.3) is 10.4 Å². The van der Waals surface area contributed by atoms with Gasteiger partial charge in [-0.25, -0.2) is 8.42 Å². The topological polar surface area (TPSA) is 81.7 Å². The van der Waals surface area contributed by atoms with Crippen LogP contribution in [0.5, 0.6) is 11.5 Å². The fraction of sp³-hybridized carbons (Fsp3) is 0.261. The minimum Gasteiger partial charge on any atom is -0.454 e. The highest BCUT2D eigenvalue weighted by Gasteiger charge is 2.31. The minimum atomic E-state index is -3.42. The molecule has 3 aromatic rings. The fourth-order valence-corrected chi connectivity index (χ4v) is 6.68. The van der Waals surface area contributed by atoms with E-state index in [0.29, 0.717) is 38.9 Å². The standard InChI is InChI=1S/C23H21NO5S2/c1-13(2)15-4-6-21-17(8-15)22-16(11-31(21,26)27)9-20(30-22)23(25)24-10-14-3-5-18-19(7-14)29-12-28-18/h3-9,13H,10-12H2,1-2H3,(H,24,25). The van der Waals surface area contributed by atoms with E-state index in [1.165, 1.54) is 11.3 Å². The number of sulfone groups is 1. The van der Waals surface area contributed by atoms with Crippen molar-refractivity contribution in [2.75, 3.05) is 6.79 Å². The Kier molecular flexibility index (Phi) is 4.79. The molecule has 0 fully saturated rings. The van der Waals surface area contributed by atoms with E-state index in [2.05, 4.69) is 19.2 Å². The van der Waals surface area contributed by atoms with E-state index in [9.17, 15) is 13.2 Å². The van der Waals surface area contributed by atoms with Crippen molar-refractivity contribution < 1.29 is 22.7 Å². The smallest absolute Gasteiger partial charge is 0.261 e. The summed E-state index contributed by atoms with van der Waals surface area (Å²) >= 11 is 1.34. The van der Waals surface area contributed by atoms with Gasteiger partial charge in [-0.1, -0.05) is 26.0 Å². The summed E-state index contributed by atoms with van der Waals surface area (Å²) in [5, 5.41) is 2.92. The van der Waals surface area contributed by atoms with Gasteiger partial charge in [-0.2, -0.15) is 0 Å². The lowest BCUT2D eigenvalue weighted by molar-refractivity contribution is 0.0955. The van der Waals surface area contributed by atoms with E-state index >= 15 is 0 Å². The molecule has 3 heterocycles. The first kappa shape index (κ1) is 20.1. The van der Waals surface area contributed by atoms with Gasteiger partial charge in [-0.3, -0.25) is 4.79 Å². The van der Waals surface area contributed by atoms with Crippen molar-refractivity contribution in [2.45, 2.75) is 37.0 Å². The first-order valence-corrected chi connectivity index (χ1v) is 12.5. The second-order valence-corrected chi connectivity index (χ2v) is 11.0. The number of carbonyl (C=O) groups is 1. The van der Waals surface area contributed by atoms with E-state index in [4.69, 9.17) is 9.47 Å². The molecule has 5 rings (SSSR count). The highest BCUT2D eigenvalue weighted by Crippen LogP contribution is 2.44. The molecule has 0 spiro atoms. The highest BCUT2D eigenvalue weighted by molar-refractivity contribution is 7.91. The molecule has 1 amide bonds. The van der Waals surface area contributed by atoms with Crippen LogP contribution in [-0.4, -0.2) is 21.1 Å². The maximum atomic E-state index is 12.8. The number of nitrogens with one attached hydrogen (secondary N) is 1. The molecule has 0 unspecified atom stereocenters. The molecule has 160 valence electrons. The number of hydrogen-bond donors (Lipinski definition) is 1. The van der Waals surface area contributed by atoms with Gasteiger partial charge in [0.15, 0.2) is 21.3 Å². The molecule has 0 saturated carbocycles. The monoisotopic (exact) mass is 455 g/mol. The lowest BCUT2D eigenvalue weighted by Gasteiger charge is -2.18. The van der Waals surface area contributed by atoms with Gasteiger partial charge in [0, 0.05) is 17.0 Å². The number of ether oxygens (including phenoxy) is 2. The Balaban J connectivity index is 1.42. The molecule has 1 aromatic heterocycles. The Morgan fingerprint density at radius 1 is 1.10 bits per heavy atom. The molecule has 0 bridgehead atoms. The lowest BCUT2D eigenvalue weighted by Crippen LogP contribution is -2.21. The van der Waals surface area contributed by atoms with Gasteiger partial charge < -0.3 is 14.8 Å². The van der Waals surface area contributed by atoms with E-state index in [1.807, 2.05) is 30.3 Å². The molecule has 0 saturated heterocycles. The van der Waals surface area contributed by atoms with Crippen molar-refractivity contribution in [3.8, 4) is 21.9 Å². The molecule has 0 aliphatic carbocycles. The summed E-state index contributed by atoms with van der Waals surface area (Å²) < 4.78 is 36.2. The number of benzene rings is 2. The van der Waals surface area contributed by atoms with Crippen molar-refractivity contribution in [3.05, 3.63) is 64.0 Å². The molecular weight excluding hydrogens is 434 g/mol. The summed E-state index contributed by atoms with van der Waals surface area (Å²) in [6.45, 7) is 4.69. The zero-order chi connectivity index (χ0) is 21.8. The van der Waals surface area contributed by atoms with Gasteiger partial charge in [0.2, 0.25) is 6.79 Å². The lowest BCUT2D eigenvalue weighted by atomic mass is 9.99. The number of thiophene rings is 1. The third kappa shape index (κ3) is 3.59. The van der Waals surface area contributed by atoms with Gasteiger partial charge in [0.1, 0.15) is 0 Å². The zero-order valence-electron chi connectivity index (χ0n) is 17.1. The normalized spacial score (nSPS) is 15.5. The van der Waals surface area contributed by atoms with Crippen molar-refractivity contribution in [1.82, 2.24) is 5.32 Å². The van der Waals surface area contributed by atoms with Gasteiger partial charge in [0.05, 0.1) is 15.5 Å². The second kappa shape index (κ2) is 7.39. The van der Waals surface area contributed by atoms with Gasteiger partial charge in [0.25, 0.3) is 5.91 Å². The predicted molar refractivity (Wildman–Crippen MR) is 118 cm³/mol. The first-order chi connectivity index (χ1) is 14.8. The predicted octanol–water partition coefficient (Wildman–Crippen LogP) is 4.48. The van der Waals surface area contributed by atoms with Crippen molar-refractivity contribution in [3.63, 3.8) is 0 Å². The van der Waals surface area contributed by atoms with Crippen LogP contribution < -0.4 is 14.8 Å². The maximum absolute atomic E-state index is 12.8. The van der Waals surface area contributed by atoms with Crippen LogP contribution in [0, 0.1) is 0 Å². The summed E-state index contributed by atoms with van der Waals surface area (Å²) in [7, 11) is -3.42. The molecule has 2 aliphatic rings. The first-order valence-electron chi connectivity index (χ1n) is 9.98. The van der Waals surface area contributed by atoms with Crippen molar-refractivity contribution >= 4 is 27.1 Å². The van der Waals surface area contributed by atoms with Crippen LogP contribution >= 0.6 is 11.3 Å². The molecule has 0 radical (unpaired) electrons. The van der Waals surface area contributed by atoms with Crippen molar-refractivity contribution in [1.29, 1.82) is 0 Å². The molecule has 1 N–H and O–H groups in total. The number of amides is 1. The van der Waals surface area contributed by atoms with Gasteiger partial charge in [-0.05, 0) is 52.9 Å². The van der Waals surface area contributed by atoms with Crippen molar-refractivity contribution in [2.24, 2.45) is 0 Å². The summed E-state index contributed by atoms with van der Waals surface area (Å²) in [6.07, 6.45) is 0. The molecule has 31 heavy (non-hydrogen) atoms. The van der Waals surface area contributed by atoms with Crippen LogP contribution in [0.3, 0.4) is 0 Å². The summed E-state index contributed by atoms with van der Waals surface area (Å²) in [4.78, 5) is 14.5. The number of fused-ring (bicyclic) bond motifs is 4. The average molecular weight is 456 g/mol. The van der Waals surface area contributed by atoms with Crippen LogP contribution in [-0.2, 0) is 22.1 Å². The third-order valence-electron chi connectivity index (χ3n) is 5.52. The average Bonchev–Trinajstić information content (AvgIpc) is 3.37. The van der Waals surface area contributed by atoms with E-state index < -0.39 is 9.84 Å². The van der Waals surface area contributed by atoms with Gasteiger partial charge >= 0.3 is 0 Å². The molecule has 0 atom stereocenters. The zero-order valence-corrected chi connectivity index (χ0v) is 18.7. The molecule has 6 nitrogen and oxygen atoms in total. The Morgan fingerprint density at radius 2 is 1.90 bits per heavy atom. The summed E-state index contributed by atoms with van der Waals surface area (Å²) in [6, 6.07) is 12.8. The highest BCUT2D eigenvalue weighted by atomic mass is 32.2. The molecule has 2 aromatic carbocycles. The van der Waals surface area contributed by atoms with Crippen LogP contribution in [0.1, 0.15) is 46.1 Å². The van der Waals surface area contributed by atoms with E-state index in [0.717, 1.165) is 16.0 Å². The molecule has 8 heteroatoms. The Morgan fingerprint density at radius 3 is 2.71 bits per heavy atom. The van der Waals surface area contributed by atoms with E-state index in [-0.39, 0.29) is 24.4 Å². The summed E-state index contributed by atoms with van der Waals surface area (Å²) in [5.41, 5.74) is 3.36. The SMILES string of the molecule is CC(C)c1ccc2c(c1)-c1sc(C(=O)NCc3ccc4c(c3)OCO4)cc1CS2(=O)=O. The fourth-order valence-electron chi connectivity index (χ4n) is 3.83. The Hall–Kier alpha value is -2.84. The number of rotatable bonds is 4. The molecular formula is C23H21NO5S2. The quantitative estimate of drug-likeness (QED) is 0.627. The second-order valence-electron chi connectivity index (χ2n) is 8.00. The molecule has 2 aliphatic heterocycles. The van der Waals surface area contributed by atoms with E-state index in [1.54, 1.807) is 12.1 Å². The minimum absolute atomic E-state index is 0.0811. The summed E-state index contributed by atoms with van der Waals surface area (Å²) in [5.74, 6) is 1.34. The number of hydrogen-bond acceptors (Lipinski definition) is 6. The van der Waals surface area contributed by atoms with Crippen LogP contribution in [0.2, 0.25) is 0 Å². The Bertz CT molecular complexity index is 1310. The van der Waals surface area contributed by atoms with Crippen LogP contribution in [0.15, 0.2) is 47.4 Å². The van der Waals surface area contributed by atoms with Crippen LogP contribution in [0.4, 0.5) is 0 Å². The largest absolute Gasteiger partial charge is 0.454 e. The number of carbonyl (C=O) groups excluding carboxylic acids is 1. The van der Waals surface area contributed by atoms with Gasteiger partial charge in [-0.15, -0.1) is 11.3 Å². The third-order valence-corrected chi connectivity index (χ3v) is 8.44. The maximum Gasteiger partial charge on any atom is 0.261 e. The Labute approximate surface area is 184 Å².